The van der Waals surface area contributed by atoms with Crippen molar-refractivity contribution in [3.63, 3.8) is 0 Å². The molecular formula is C26H27ClN2O2. The predicted molar refractivity (Wildman–Crippen MR) is 125 cm³/mol. The van der Waals surface area contributed by atoms with Crippen LogP contribution in [-0.2, 0) is 13.2 Å². The Kier molecular flexibility index (Phi) is 6.90. The van der Waals surface area contributed by atoms with E-state index in [2.05, 4.69) is 36.1 Å². The number of carbonyl (C=O) groups is 1. The third-order valence-corrected chi connectivity index (χ3v) is 5.95. The smallest absolute Gasteiger partial charge is 0.253 e. The maximum Gasteiger partial charge on any atom is 0.253 e. The number of hydrogen-bond donors (Lipinski definition) is 0. The molecule has 3 aromatic carbocycles. The van der Waals surface area contributed by atoms with E-state index in [1.54, 1.807) is 6.07 Å². The van der Waals surface area contributed by atoms with Gasteiger partial charge in [0.2, 0.25) is 0 Å². The lowest BCUT2D eigenvalue weighted by molar-refractivity contribution is 0.0628. The number of aryl methyl sites for hydroxylation is 1. The Morgan fingerprint density at radius 2 is 1.68 bits per heavy atom. The first-order valence-corrected chi connectivity index (χ1v) is 11.0. The normalized spacial score (nSPS) is 14.5. The van der Waals surface area contributed by atoms with Crippen molar-refractivity contribution in [2.75, 3.05) is 26.2 Å². The number of ether oxygens (including phenoxy) is 1. The number of amides is 1. The van der Waals surface area contributed by atoms with Crippen molar-refractivity contribution >= 4 is 17.5 Å². The minimum absolute atomic E-state index is 0.0952. The third-order valence-electron chi connectivity index (χ3n) is 5.72. The zero-order valence-electron chi connectivity index (χ0n) is 17.8. The van der Waals surface area contributed by atoms with Gasteiger partial charge in [-0.2, -0.15) is 0 Å². The molecule has 160 valence electrons. The molecule has 1 fully saturated rings. The van der Waals surface area contributed by atoms with E-state index >= 15 is 0 Å². The predicted octanol–water partition coefficient (Wildman–Crippen LogP) is 5.19. The molecule has 5 heteroatoms. The van der Waals surface area contributed by atoms with Crippen molar-refractivity contribution in [1.82, 2.24) is 9.80 Å². The lowest BCUT2D eigenvalue weighted by atomic mass is 10.1. The molecule has 1 aliphatic heterocycles. The van der Waals surface area contributed by atoms with Crippen molar-refractivity contribution in [3.05, 3.63) is 100 Å². The van der Waals surface area contributed by atoms with Crippen LogP contribution in [0.4, 0.5) is 0 Å². The topological polar surface area (TPSA) is 32.8 Å². The van der Waals surface area contributed by atoms with Gasteiger partial charge in [0.1, 0.15) is 12.4 Å². The first-order valence-electron chi connectivity index (χ1n) is 10.6. The second-order valence-corrected chi connectivity index (χ2v) is 8.37. The van der Waals surface area contributed by atoms with Gasteiger partial charge >= 0.3 is 0 Å². The summed E-state index contributed by atoms with van der Waals surface area (Å²) in [5.74, 6) is 0.828. The van der Waals surface area contributed by atoms with Gasteiger partial charge < -0.3 is 9.64 Å². The Hall–Kier alpha value is -2.82. The van der Waals surface area contributed by atoms with Crippen LogP contribution in [0.5, 0.6) is 5.75 Å². The molecule has 1 amide bonds. The van der Waals surface area contributed by atoms with Gasteiger partial charge in [0.25, 0.3) is 5.91 Å². The van der Waals surface area contributed by atoms with Crippen molar-refractivity contribution in [2.45, 2.75) is 20.1 Å². The fourth-order valence-corrected chi connectivity index (χ4v) is 3.97. The monoisotopic (exact) mass is 434 g/mol. The Balaban J connectivity index is 1.28. The van der Waals surface area contributed by atoms with Crippen LogP contribution >= 0.6 is 11.6 Å². The second kappa shape index (κ2) is 9.99. The van der Waals surface area contributed by atoms with E-state index < -0.39 is 0 Å². The summed E-state index contributed by atoms with van der Waals surface area (Å²) in [5, 5.41) is 0.650. The third kappa shape index (κ3) is 5.66. The molecule has 0 saturated carbocycles. The summed E-state index contributed by atoms with van der Waals surface area (Å²) < 4.78 is 5.77. The number of halogens is 1. The zero-order valence-corrected chi connectivity index (χ0v) is 18.5. The molecule has 0 bridgehead atoms. The highest BCUT2D eigenvalue weighted by molar-refractivity contribution is 6.30. The van der Waals surface area contributed by atoms with E-state index in [0.29, 0.717) is 11.6 Å². The van der Waals surface area contributed by atoms with E-state index in [-0.39, 0.29) is 5.91 Å². The van der Waals surface area contributed by atoms with E-state index in [1.807, 2.05) is 47.4 Å². The van der Waals surface area contributed by atoms with Gasteiger partial charge in [0.05, 0.1) is 0 Å². The van der Waals surface area contributed by atoms with Gasteiger partial charge in [-0.1, -0.05) is 54.1 Å². The van der Waals surface area contributed by atoms with E-state index in [9.17, 15) is 4.79 Å². The van der Waals surface area contributed by atoms with Gasteiger partial charge in [-0.25, -0.2) is 0 Å². The highest BCUT2D eigenvalue weighted by Gasteiger charge is 2.22. The first-order chi connectivity index (χ1) is 15.1. The Labute approximate surface area is 189 Å². The molecule has 1 saturated heterocycles. The fourth-order valence-electron chi connectivity index (χ4n) is 3.79. The van der Waals surface area contributed by atoms with Crippen LogP contribution in [0, 0.1) is 6.92 Å². The average molecular weight is 435 g/mol. The lowest BCUT2D eigenvalue weighted by Gasteiger charge is -2.35. The van der Waals surface area contributed by atoms with Crippen LogP contribution in [0.25, 0.3) is 0 Å². The Bertz CT molecular complexity index is 1030. The summed E-state index contributed by atoms with van der Waals surface area (Å²) >= 11 is 5.99. The molecule has 4 nitrogen and oxygen atoms in total. The summed E-state index contributed by atoms with van der Waals surface area (Å²) in [4.78, 5) is 17.3. The molecule has 0 unspecified atom stereocenters. The maximum atomic E-state index is 12.9. The van der Waals surface area contributed by atoms with Crippen LogP contribution in [0.1, 0.15) is 27.0 Å². The van der Waals surface area contributed by atoms with Gasteiger partial charge in [0.15, 0.2) is 0 Å². The molecule has 0 aliphatic carbocycles. The van der Waals surface area contributed by atoms with Crippen LogP contribution < -0.4 is 4.74 Å². The second-order valence-electron chi connectivity index (χ2n) is 7.94. The van der Waals surface area contributed by atoms with E-state index in [1.165, 1.54) is 11.1 Å². The number of hydrogen-bond acceptors (Lipinski definition) is 3. The highest BCUT2D eigenvalue weighted by Crippen LogP contribution is 2.19. The first kappa shape index (κ1) is 21.4. The molecule has 0 atom stereocenters. The van der Waals surface area contributed by atoms with Gasteiger partial charge in [-0.15, -0.1) is 0 Å². The number of rotatable bonds is 6. The number of benzene rings is 3. The summed E-state index contributed by atoms with van der Waals surface area (Å²) in [7, 11) is 0. The van der Waals surface area contributed by atoms with Gasteiger partial charge in [-0.05, 0) is 53.9 Å². The van der Waals surface area contributed by atoms with Gasteiger partial charge in [-0.3, -0.25) is 9.69 Å². The molecule has 4 rings (SSSR count). The van der Waals surface area contributed by atoms with Crippen LogP contribution in [0.2, 0.25) is 5.02 Å². The van der Waals surface area contributed by atoms with Crippen molar-refractivity contribution in [2.24, 2.45) is 0 Å². The SMILES string of the molecule is Cc1ccccc1CN1CCN(C(=O)c2ccc(COc3cccc(Cl)c3)cc2)CC1. The molecule has 1 aliphatic rings. The number of carbonyl (C=O) groups excluding carboxylic acids is 1. The van der Waals surface area contributed by atoms with Crippen LogP contribution in [-0.4, -0.2) is 41.9 Å². The molecule has 0 radical (unpaired) electrons. The van der Waals surface area contributed by atoms with E-state index in [4.69, 9.17) is 16.3 Å². The zero-order chi connectivity index (χ0) is 21.6. The number of piperazine rings is 1. The van der Waals surface area contributed by atoms with Crippen molar-refractivity contribution in [1.29, 1.82) is 0 Å². The fraction of sp³-hybridized carbons (Fsp3) is 0.269. The molecule has 3 aromatic rings. The van der Waals surface area contributed by atoms with E-state index in [0.717, 1.165) is 49.6 Å². The summed E-state index contributed by atoms with van der Waals surface area (Å²) in [6.45, 7) is 6.83. The van der Waals surface area contributed by atoms with Crippen molar-refractivity contribution < 1.29 is 9.53 Å². The molecule has 1 heterocycles. The maximum absolute atomic E-state index is 12.9. The standard InChI is InChI=1S/C26H27ClN2O2/c1-20-5-2-3-6-23(20)18-28-13-15-29(16-14-28)26(30)22-11-9-21(10-12-22)19-31-25-8-4-7-24(27)17-25/h2-12,17H,13-16,18-19H2,1H3. The molecular weight excluding hydrogens is 408 g/mol. The summed E-state index contributed by atoms with van der Waals surface area (Å²) in [6.07, 6.45) is 0. The van der Waals surface area contributed by atoms with Gasteiger partial charge in [0, 0.05) is 43.3 Å². The molecule has 0 N–H and O–H groups in total. The van der Waals surface area contributed by atoms with Crippen LogP contribution in [0.3, 0.4) is 0 Å². The van der Waals surface area contributed by atoms with Crippen LogP contribution in [0.15, 0.2) is 72.8 Å². The Morgan fingerprint density at radius 3 is 2.39 bits per heavy atom. The molecule has 31 heavy (non-hydrogen) atoms. The van der Waals surface area contributed by atoms with Crippen molar-refractivity contribution in [3.8, 4) is 5.75 Å². The quantitative estimate of drug-likeness (QED) is 0.535. The Morgan fingerprint density at radius 1 is 0.935 bits per heavy atom. The minimum atomic E-state index is 0.0952. The molecule has 0 aromatic heterocycles. The average Bonchev–Trinajstić information content (AvgIpc) is 2.80. The highest BCUT2D eigenvalue weighted by atomic mass is 35.5. The largest absolute Gasteiger partial charge is 0.489 e. The minimum Gasteiger partial charge on any atom is -0.489 e. The summed E-state index contributed by atoms with van der Waals surface area (Å²) in [5.41, 5.74) is 4.41. The molecule has 0 spiro atoms. The number of nitrogens with zero attached hydrogens (tertiary/aromatic N) is 2. The summed E-state index contributed by atoms with van der Waals surface area (Å²) in [6, 6.07) is 23.5. The lowest BCUT2D eigenvalue weighted by Crippen LogP contribution is -2.48.